The number of alkyl halides is 1. The number of carbonyl (C=O) groups excluding carboxylic acids is 1. The molecule has 3 heteroatoms. The van der Waals surface area contributed by atoms with Crippen molar-refractivity contribution < 1.29 is 4.79 Å². The molecular weight excluding hydrogens is 258 g/mol. The minimum atomic E-state index is -0.574. The standard InChI is InChI=1S/C16H24ClNO/c1-4-13(5-2)12-18(6-3)16(19)15(17)14-10-8-7-9-11-14/h7-11,13,15H,4-6,12H2,1-3H3. The average molecular weight is 282 g/mol. The number of amides is 1. The van der Waals surface area contributed by atoms with Gasteiger partial charge in [-0.15, -0.1) is 11.6 Å². The molecule has 0 aliphatic carbocycles. The van der Waals surface area contributed by atoms with Gasteiger partial charge < -0.3 is 4.90 Å². The van der Waals surface area contributed by atoms with E-state index in [0.29, 0.717) is 12.5 Å². The van der Waals surface area contributed by atoms with Crippen molar-refractivity contribution in [3.8, 4) is 0 Å². The summed E-state index contributed by atoms with van der Waals surface area (Å²) >= 11 is 6.31. The van der Waals surface area contributed by atoms with Gasteiger partial charge in [0.1, 0.15) is 5.38 Å². The second-order valence-electron chi connectivity index (χ2n) is 4.83. The number of halogens is 1. The lowest BCUT2D eigenvalue weighted by molar-refractivity contribution is -0.131. The first kappa shape index (κ1) is 16.0. The van der Waals surface area contributed by atoms with Gasteiger partial charge in [0.25, 0.3) is 0 Å². The van der Waals surface area contributed by atoms with Gasteiger partial charge in [0, 0.05) is 13.1 Å². The maximum absolute atomic E-state index is 12.4. The molecule has 0 aliphatic heterocycles. The minimum Gasteiger partial charge on any atom is -0.341 e. The molecule has 1 aromatic rings. The van der Waals surface area contributed by atoms with Gasteiger partial charge in [-0.25, -0.2) is 0 Å². The molecule has 0 heterocycles. The van der Waals surface area contributed by atoms with E-state index in [9.17, 15) is 4.79 Å². The Morgan fingerprint density at radius 2 is 1.74 bits per heavy atom. The predicted octanol–water partition coefficient (Wildman–Crippen LogP) is 4.25. The summed E-state index contributed by atoms with van der Waals surface area (Å²) in [4.78, 5) is 14.3. The van der Waals surface area contributed by atoms with E-state index in [1.807, 2.05) is 42.2 Å². The van der Waals surface area contributed by atoms with E-state index in [-0.39, 0.29) is 5.91 Å². The first-order valence-electron chi connectivity index (χ1n) is 7.11. The van der Waals surface area contributed by atoms with Gasteiger partial charge >= 0.3 is 0 Å². The molecule has 0 saturated heterocycles. The van der Waals surface area contributed by atoms with Gasteiger partial charge in [0.15, 0.2) is 0 Å². The highest BCUT2D eigenvalue weighted by Gasteiger charge is 2.24. The van der Waals surface area contributed by atoms with E-state index < -0.39 is 5.38 Å². The van der Waals surface area contributed by atoms with Crippen LogP contribution in [0.1, 0.15) is 44.6 Å². The Bertz CT molecular complexity index is 376. The molecule has 1 unspecified atom stereocenters. The third kappa shape index (κ3) is 4.54. The summed E-state index contributed by atoms with van der Waals surface area (Å²) in [6, 6.07) is 9.56. The first-order valence-corrected chi connectivity index (χ1v) is 7.55. The fourth-order valence-corrected chi connectivity index (χ4v) is 2.44. The summed E-state index contributed by atoms with van der Waals surface area (Å²) < 4.78 is 0. The Morgan fingerprint density at radius 1 is 1.16 bits per heavy atom. The summed E-state index contributed by atoms with van der Waals surface area (Å²) in [6.07, 6.45) is 2.19. The number of nitrogens with zero attached hydrogens (tertiary/aromatic N) is 1. The smallest absolute Gasteiger partial charge is 0.245 e. The van der Waals surface area contributed by atoms with Crippen LogP contribution in [0.5, 0.6) is 0 Å². The van der Waals surface area contributed by atoms with Crippen molar-refractivity contribution in [1.82, 2.24) is 4.90 Å². The highest BCUT2D eigenvalue weighted by Crippen LogP contribution is 2.23. The number of hydrogen-bond acceptors (Lipinski definition) is 1. The van der Waals surface area contributed by atoms with Crippen molar-refractivity contribution in [2.24, 2.45) is 5.92 Å². The molecule has 0 aliphatic rings. The zero-order valence-corrected chi connectivity index (χ0v) is 12.9. The largest absolute Gasteiger partial charge is 0.341 e. The van der Waals surface area contributed by atoms with E-state index in [2.05, 4.69) is 13.8 Å². The molecule has 0 saturated carbocycles. The molecule has 0 spiro atoms. The third-order valence-electron chi connectivity index (χ3n) is 3.64. The van der Waals surface area contributed by atoms with Crippen LogP contribution in [0.15, 0.2) is 30.3 Å². The van der Waals surface area contributed by atoms with Crippen LogP contribution in [0.2, 0.25) is 0 Å². The molecule has 0 radical (unpaired) electrons. The topological polar surface area (TPSA) is 20.3 Å². The number of benzene rings is 1. The van der Waals surface area contributed by atoms with Crippen LogP contribution in [-0.4, -0.2) is 23.9 Å². The molecule has 106 valence electrons. The van der Waals surface area contributed by atoms with Gasteiger partial charge in [0.2, 0.25) is 5.91 Å². The monoisotopic (exact) mass is 281 g/mol. The van der Waals surface area contributed by atoms with E-state index >= 15 is 0 Å². The molecule has 1 aromatic carbocycles. The molecule has 2 nitrogen and oxygen atoms in total. The fourth-order valence-electron chi connectivity index (χ4n) is 2.16. The summed E-state index contributed by atoms with van der Waals surface area (Å²) in [5, 5.41) is -0.574. The minimum absolute atomic E-state index is 0.0160. The van der Waals surface area contributed by atoms with Crippen molar-refractivity contribution in [1.29, 1.82) is 0 Å². The zero-order chi connectivity index (χ0) is 14.3. The molecule has 0 aromatic heterocycles. The normalized spacial score (nSPS) is 12.5. The van der Waals surface area contributed by atoms with Crippen LogP contribution in [0.4, 0.5) is 0 Å². The van der Waals surface area contributed by atoms with Gasteiger partial charge in [-0.3, -0.25) is 4.79 Å². The molecule has 19 heavy (non-hydrogen) atoms. The third-order valence-corrected chi connectivity index (χ3v) is 4.07. The van der Waals surface area contributed by atoms with Gasteiger partial charge in [-0.05, 0) is 18.4 Å². The lowest BCUT2D eigenvalue weighted by atomic mass is 10.0. The maximum Gasteiger partial charge on any atom is 0.245 e. The van der Waals surface area contributed by atoms with E-state index in [1.54, 1.807) is 0 Å². The SMILES string of the molecule is CCC(CC)CN(CC)C(=O)C(Cl)c1ccccc1. The van der Waals surface area contributed by atoms with Crippen LogP contribution in [0, 0.1) is 5.92 Å². The predicted molar refractivity (Wildman–Crippen MR) is 81.4 cm³/mol. The number of carbonyl (C=O) groups is 1. The molecule has 0 bridgehead atoms. The second kappa shape index (κ2) is 8.21. The second-order valence-corrected chi connectivity index (χ2v) is 5.27. The van der Waals surface area contributed by atoms with E-state index in [4.69, 9.17) is 11.6 Å². The Balaban J connectivity index is 2.73. The maximum atomic E-state index is 12.4. The quantitative estimate of drug-likeness (QED) is 0.684. The van der Waals surface area contributed by atoms with Crippen LogP contribution in [0.3, 0.4) is 0 Å². The van der Waals surface area contributed by atoms with Crippen molar-refractivity contribution in [3.05, 3.63) is 35.9 Å². The molecular formula is C16H24ClNO. The Morgan fingerprint density at radius 3 is 2.21 bits per heavy atom. The molecule has 0 fully saturated rings. The Labute approximate surface area is 121 Å². The first-order chi connectivity index (χ1) is 9.13. The number of hydrogen-bond donors (Lipinski definition) is 0. The Kier molecular flexibility index (Phi) is 6.93. The molecule has 0 N–H and O–H groups in total. The van der Waals surface area contributed by atoms with E-state index in [0.717, 1.165) is 24.9 Å². The highest BCUT2D eigenvalue weighted by atomic mass is 35.5. The lowest BCUT2D eigenvalue weighted by Crippen LogP contribution is -2.37. The fraction of sp³-hybridized carbons (Fsp3) is 0.562. The summed E-state index contributed by atoms with van der Waals surface area (Å²) in [7, 11) is 0. The molecule has 1 amide bonds. The Hall–Kier alpha value is -1.02. The highest BCUT2D eigenvalue weighted by molar-refractivity contribution is 6.30. The van der Waals surface area contributed by atoms with Crippen LogP contribution in [-0.2, 0) is 4.79 Å². The molecule has 1 rings (SSSR count). The summed E-state index contributed by atoms with van der Waals surface area (Å²) in [5.74, 6) is 0.575. The van der Waals surface area contributed by atoms with Gasteiger partial charge in [0.05, 0.1) is 0 Å². The van der Waals surface area contributed by atoms with Gasteiger partial charge in [-0.1, -0.05) is 57.0 Å². The van der Waals surface area contributed by atoms with Crippen LogP contribution in [0.25, 0.3) is 0 Å². The van der Waals surface area contributed by atoms with Crippen LogP contribution < -0.4 is 0 Å². The van der Waals surface area contributed by atoms with E-state index in [1.165, 1.54) is 0 Å². The van der Waals surface area contributed by atoms with Crippen molar-refractivity contribution in [2.45, 2.75) is 39.0 Å². The lowest BCUT2D eigenvalue weighted by Gasteiger charge is -2.27. The van der Waals surface area contributed by atoms with Crippen molar-refractivity contribution in [3.63, 3.8) is 0 Å². The van der Waals surface area contributed by atoms with Crippen molar-refractivity contribution in [2.75, 3.05) is 13.1 Å². The molecule has 1 atom stereocenters. The van der Waals surface area contributed by atoms with Crippen LogP contribution >= 0.6 is 11.6 Å². The number of likely N-dealkylation sites (N-methyl/N-ethyl adjacent to an activating group) is 1. The summed E-state index contributed by atoms with van der Waals surface area (Å²) in [6.45, 7) is 7.86. The number of rotatable bonds is 7. The van der Waals surface area contributed by atoms with Crippen molar-refractivity contribution >= 4 is 17.5 Å². The zero-order valence-electron chi connectivity index (χ0n) is 12.1. The summed E-state index contributed by atoms with van der Waals surface area (Å²) in [5.41, 5.74) is 0.872. The average Bonchev–Trinajstić information content (AvgIpc) is 2.48. The van der Waals surface area contributed by atoms with Gasteiger partial charge in [-0.2, -0.15) is 0 Å².